The molecule has 2 aromatic rings. The molecular weight excluding hydrogens is 252 g/mol. The zero-order valence-corrected chi connectivity index (χ0v) is 12.1. The Labute approximate surface area is 118 Å². The van der Waals surface area contributed by atoms with Crippen molar-refractivity contribution in [2.45, 2.75) is 45.6 Å². The first-order chi connectivity index (χ1) is 9.80. The predicted octanol–water partition coefficient (Wildman–Crippen LogP) is 2.78. The summed E-state index contributed by atoms with van der Waals surface area (Å²) in [5.74, 6) is 2.40. The van der Waals surface area contributed by atoms with Gasteiger partial charge in [0.2, 0.25) is 5.95 Å². The Morgan fingerprint density at radius 2 is 2.20 bits per heavy atom. The van der Waals surface area contributed by atoms with Crippen molar-refractivity contribution in [2.75, 3.05) is 17.2 Å². The fraction of sp³-hybridized carbons (Fsp3) is 0.643. The van der Waals surface area contributed by atoms with Crippen LogP contribution in [0.15, 0.2) is 6.33 Å². The Hall–Kier alpha value is -1.85. The van der Waals surface area contributed by atoms with Gasteiger partial charge in [0.05, 0.1) is 6.33 Å². The van der Waals surface area contributed by atoms with Crippen molar-refractivity contribution in [1.29, 1.82) is 0 Å². The molecule has 6 heteroatoms. The van der Waals surface area contributed by atoms with E-state index in [0.29, 0.717) is 17.6 Å². The number of hydrogen-bond acceptors (Lipinski definition) is 5. The molecule has 0 aliphatic heterocycles. The Balaban J connectivity index is 1.85. The van der Waals surface area contributed by atoms with Crippen molar-refractivity contribution >= 4 is 22.9 Å². The van der Waals surface area contributed by atoms with Crippen LogP contribution in [0.2, 0.25) is 0 Å². The lowest BCUT2D eigenvalue weighted by Crippen LogP contribution is -2.20. The number of rotatable bonds is 7. The number of anilines is 2. The summed E-state index contributed by atoms with van der Waals surface area (Å²) < 4.78 is 0. The lowest BCUT2D eigenvalue weighted by atomic mass is 10.1. The summed E-state index contributed by atoms with van der Waals surface area (Å²) in [6.07, 6.45) is 6.76. The highest BCUT2D eigenvalue weighted by Gasteiger charge is 2.25. The third kappa shape index (κ3) is 2.84. The van der Waals surface area contributed by atoms with E-state index < -0.39 is 0 Å². The third-order valence-corrected chi connectivity index (χ3v) is 3.77. The zero-order chi connectivity index (χ0) is 13.9. The van der Waals surface area contributed by atoms with Crippen molar-refractivity contribution in [3.8, 4) is 0 Å². The number of H-pyrrole nitrogens is 1. The van der Waals surface area contributed by atoms with E-state index in [1.54, 1.807) is 6.33 Å². The fourth-order valence-corrected chi connectivity index (χ4v) is 2.45. The minimum absolute atomic E-state index is 0.471. The van der Waals surface area contributed by atoms with Gasteiger partial charge in [0.25, 0.3) is 0 Å². The number of aromatic amines is 1. The molecule has 0 amide bonds. The molecule has 1 saturated carbocycles. The molecule has 2 heterocycles. The van der Waals surface area contributed by atoms with Crippen LogP contribution in [0.25, 0.3) is 11.2 Å². The summed E-state index contributed by atoms with van der Waals surface area (Å²) >= 11 is 0. The van der Waals surface area contributed by atoms with Crippen LogP contribution < -0.4 is 10.6 Å². The van der Waals surface area contributed by atoms with Gasteiger partial charge >= 0.3 is 0 Å². The molecule has 0 bridgehead atoms. The summed E-state index contributed by atoms with van der Waals surface area (Å²) in [6, 6.07) is 0.471. The topological polar surface area (TPSA) is 78.5 Å². The van der Waals surface area contributed by atoms with E-state index in [2.05, 4.69) is 37.5 Å². The van der Waals surface area contributed by atoms with Gasteiger partial charge < -0.3 is 15.6 Å². The molecule has 20 heavy (non-hydrogen) atoms. The van der Waals surface area contributed by atoms with Crippen molar-refractivity contribution in [3.05, 3.63) is 6.33 Å². The van der Waals surface area contributed by atoms with E-state index in [4.69, 9.17) is 0 Å². The summed E-state index contributed by atoms with van der Waals surface area (Å²) in [5.41, 5.74) is 1.60. The van der Waals surface area contributed by atoms with Gasteiger partial charge in [0.1, 0.15) is 5.52 Å². The van der Waals surface area contributed by atoms with Crippen LogP contribution >= 0.6 is 0 Å². The second-order valence-electron chi connectivity index (χ2n) is 5.46. The lowest BCUT2D eigenvalue weighted by Gasteiger charge is -2.18. The Bertz CT molecular complexity index is 574. The van der Waals surface area contributed by atoms with E-state index in [1.165, 1.54) is 19.3 Å². The van der Waals surface area contributed by atoms with Gasteiger partial charge in [-0.1, -0.05) is 19.8 Å². The van der Waals surface area contributed by atoms with Gasteiger partial charge in [-0.2, -0.15) is 9.97 Å². The van der Waals surface area contributed by atoms with E-state index in [-0.39, 0.29) is 0 Å². The van der Waals surface area contributed by atoms with E-state index >= 15 is 0 Å². The SMILES string of the molecule is CCNc1nc(NC(CC)CC2CC2)c2[nH]cnc2n1. The van der Waals surface area contributed by atoms with Crippen molar-refractivity contribution in [2.24, 2.45) is 5.92 Å². The molecule has 1 aliphatic carbocycles. The highest BCUT2D eigenvalue weighted by molar-refractivity contribution is 5.83. The average Bonchev–Trinajstić information content (AvgIpc) is 3.13. The third-order valence-electron chi connectivity index (χ3n) is 3.77. The smallest absolute Gasteiger partial charge is 0.226 e. The standard InChI is InChI=1S/C14H22N6/c1-3-10(7-9-5-6-9)18-13-11-12(17-8-16-11)19-14(20-13)15-4-2/h8-10H,3-7H2,1-2H3,(H3,15,16,17,18,19,20). The summed E-state index contributed by atoms with van der Waals surface area (Å²) in [5, 5.41) is 6.72. The molecule has 1 fully saturated rings. The number of hydrogen-bond donors (Lipinski definition) is 3. The summed E-state index contributed by atoms with van der Waals surface area (Å²) in [4.78, 5) is 16.3. The zero-order valence-electron chi connectivity index (χ0n) is 12.1. The highest BCUT2D eigenvalue weighted by Crippen LogP contribution is 2.35. The lowest BCUT2D eigenvalue weighted by molar-refractivity contribution is 0.585. The molecule has 1 atom stereocenters. The molecule has 3 N–H and O–H groups in total. The molecule has 1 aliphatic rings. The first-order valence-corrected chi connectivity index (χ1v) is 7.51. The van der Waals surface area contributed by atoms with Gasteiger partial charge in [-0.15, -0.1) is 0 Å². The summed E-state index contributed by atoms with van der Waals surface area (Å²) in [6.45, 7) is 5.05. The minimum Gasteiger partial charge on any atom is -0.365 e. The first kappa shape index (κ1) is 13.1. The minimum atomic E-state index is 0.471. The molecular formula is C14H22N6. The van der Waals surface area contributed by atoms with Crippen molar-refractivity contribution < 1.29 is 0 Å². The number of nitrogens with zero attached hydrogens (tertiary/aromatic N) is 3. The number of fused-ring (bicyclic) bond motifs is 1. The molecule has 0 saturated heterocycles. The Morgan fingerprint density at radius 3 is 2.90 bits per heavy atom. The van der Waals surface area contributed by atoms with Crippen molar-refractivity contribution in [1.82, 2.24) is 19.9 Å². The predicted molar refractivity (Wildman–Crippen MR) is 80.9 cm³/mol. The monoisotopic (exact) mass is 274 g/mol. The van der Waals surface area contributed by atoms with Crippen LogP contribution in [-0.4, -0.2) is 32.5 Å². The molecule has 1 unspecified atom stereocenters. The molecule has 0 aromatic carbocycles. The van der Waals surface area contributed by atoms with Crippen LogP contribution in [0.5, 0.6) is 0 Å². The molecule has 0 spiro atoms. The van der Waals surface area contributed by atoms with Crippen LogP contribution in [0.1, 0.15) is 39.5 Å². The first-order valence-electron chi connectivity index (χ1n) is 7.51. The van der Waals surface area contributed by atoms with Crippen LogP contribution in [0.4, 0.5) is 11.8 Å². The fourth-order valence-electron chi connectivity index (χ4n) is 2.45. The van der Waals surface area contributed by atoms with Gasteiger partial charge in [-0.05, 0) is 25.7 Å². The summed E-state index contributed by atoms with van der Waals surface area (Å²) in [7, 11) is 0. The molecule has 3 rings (SSSR count). The number of aromatic nitrogens is 4. The van der Waals surface area contributed by atoms with E-state index in [1.807, 2.05) is 6.92 Å². The second kappa shape index (κ2) is 5.64. The van der Waals surface area contributed by atoms with Gasteiger partial charge in [-0.3, -0.25) is 0 Å². The normalized spacial score (nSPS) is 16.3. The second-order valence-corrected chi connectivity index (χ2v) is 5.46. The molecule has 108 valence electrons. The van der Waals surface area contributed by atoms with Gasteiger partial charge in [0, 0.05) is 12.6 Å². The van der Waals surface area contributed by atoms with Gasteiger partial charge in [0.15, 0.2) is 11.5 Å². The molecule has 0 radical (unpaired) electrons. The maximum atomic E-state index is 4.57. The Morgan fingerprint density at radius 1 is 1.35 bits per heavy atom. The highest BCUT2D eigenvalue weighted by atomic mass is 15.2. The van der Waals surface area contributed by atoms with Crippen LogP contribution in [0, 0.1) is 5.92 Å². The Kier molecular flexibility index (Phi) is 3.71. The molecule has 6 nitrogen and oxygen atoms in total. The van der Waals surface area contributed by atoms with E-state index in [9.17, 15) is 0 Å². The van der Waals surface area contributed by atoms with Gasteiger partial charge in [-0.25, -0.2) is 4.98 Å². The number of imidazole rings is 1. The quantitative estimate of drug-likeness (QED) is 0.723. The number of nitrogens with one attached hydrogen (secondary N) is 3. The van der Waals surface area contributed by atoms with Crippen molar-refractivity contribution in [3.63, 3.8) is 0 Å². The maximum absolute atomic E-state index is 4.57. The maximum Gasteiger partial charge on any atom is 0.226 e. The average molecular weight is 274 g/mol. The van der Waals surface area contributed by atoms with Crippen LogP contribution in [-0.2, 0) is 0 Å². The molecule has 2 aromatic heterocycles. The van der Waals surface area contributed by atoms with Crippen LogP contribution in [0.3, 0.4) is 0 Å². The largest absolute Gasteiger partial charge is 0.365 e. The van der Waals surface area contributed by atoms with E-state index in [0.717, 1.165) is 30.2 Å².